The van der Waals surface area contributed by atoms with Gasteiger partial charge in [-0.2, -0.15) is 0 Å². The molecule has 2 N–H and O–H groups in total. The van der Waals surface area contributed by atoms with Gasteiger partial charge in [-0.05, 0) is 67.3 Å². The Morgan fingerprint density at radius 1 is 0.676 bits per heavy atom. The Kier molecular flexibility index (Phi) is 16.9. The second kappa shape index (κ2) is 17.8. The Hall–Kier alpha value is -1.63. The number of carbonyl (C=O) groups excluding carboxylic acids is 2. The zero-order valence-electron chi connectivity index (χ0n) is 22.7. The van der Waals surface area contributed by atoms with E-state index in [4.69, 9.17) is 14.6 Å². The average molecular weight is 486 g/mol. The number of aliphatic carboxylic acids is 1. The van der Waals surface area contributed by atoms with Crippen molar-refractivity contribution in [2.45, 2.75) is 149 Å². The Morgan fingerprint density at radius 2 is 1.12 bits per heavy atom. The monoisotopic (exact) mass is 485 g/mol. The fourth-order valence-corrected chi connectivity index (χ4v) is 3.60. The lowest BCUT2D eigenvalue weighted by Crippen LogP contribution is -2.42. The fourth-order valence-electron chi connectivity index (χ4n) is 3.60. The van der Waals surface area contributed by atoms with Gasteiger partial charge in [-0.25, -0.2) is 0 Å². The van der Waals surface area contributed by atoms with Gasteiger partial charge in [0.15, 0.2) is 0 Å². The van der Waals surface area contributed by atoms with Crippen LogP contribution in [-0.2, 0) is 23.9 Å². The molecule has 7 heteroatoms. The molecule has 34 heavy (non-hydrogen) atoms. The molecule has 0 amide bonds. The van der Waals surface area contributed by atoms with Crippen LogP contribution in [0.25, 0.3) is 0 Å². The minimum Gasteiger partial charge on any atom is -0.481 e. The van der Waals surface area contributed by atoms with Crippen LogP contribution in [0.15, 0.2) is 0 Å². The van der Waals surface area contributed by atoms with Crippen molar-refractivity contribution < 1.29 is 29.0 Å². The quantitative estimate of drug-likeness (QED) is 0.166. The molecule has 0 rings (SSSR count). The first-order valence-corrected chi connectivity index (χ1v) is 13.2. The van der Waals surface area contributed by atoms with E-state index in [1.165, 1.54) is 44.9 Å². The molecule has 0 spiro atoms. The Morgan fingerprint density at radius 3 is 1.56 bits per heavy atom. The van der Waals surface area contributed by atoms with Crippen LogP contribution < -0.4 is 5.32 Å². The molecule has 7 nitrogen and oxygen atoms in total. The van der Waals surface area contributed by atoms with Crippen molar-refractivity contribution >= 4 is 17.9 Å². The lowest BCUT2D eigenvalue weighted by atomic mass is 10.0. The van der Waals surface area contributed by atoms with Gasteiger partial charge in [-0.15, -0.1) is 0 Å². The molecule has 0 aliphatic rings. The molecule has 0 saturated carbocycles. The van der Waals surface area contributed by atoms with Gasteiger partial charge in [-0.3, -0.25) is 14.4 Å². The van der Waals surface area contributed by atoms with Crippen molar-refractivity contribution in [2.75, 3.05) is 6.54 Å². The highest BCUT2D eigenvalue weighted by Crippen LogP contribution is 2.14. The van der Waals surface area contributed by atoms with Crippen molar-refractivity contribution in [3.05, 3.63) is 0 Å². The summed E-state index contributed by atoms with van der Waals surface area (Å²) in [5, 5.41) is 12.1. The lowest BCUT2D eigenvalue weighted by Gasteiger charge is -2.24. The van der Waals surface area contributed by atoms with Crippen molar-refractivity contribution in [1.82, 2.24) is 5.32 Å². The smallest absolute Gasteiger partial charge is 0.323 e. The normalized spacial score (nSPS) is 12.9. The number of hydrogen-bond acceptors (Lipinski definition) is 6. The summed E-state index contributed by atoms with van der Waals surface area (Å²) in [5.74, 6) is -1.38. The number of carbonyl (C=O) groups is 3. The van der Waals surface area contributed by atoms with Crippen LogP contribution in [-0.4, -0.2) is 46.8 Å². The number of unbranched alkanes of at least 4 members (excludes halogenated alkanes) is 10. The van der Waals surface area contributed by atoms with E-state index in [1.54, 1.807) is 0 Å². The van der Waals surface area contributed by atoms with Crippen LogP contribution in [0.3, 0.4) is 0 Å². The van der Waals surface area contributed by atoms with Crippen LogP contribution in [0.5, 0.6) is 0 Å². The summed E-state index contributed by atoms with van der Waals surface area (Å²) in [6, 6.07) is -0.570. The molecule has 1 atom stereocenters. The fraction of sp³-hybridized carbons (Fsp3) is 0.889. The molecule has 0 aromatic carbocycles. The number of carboxylic acids is 1. The molecule has 0 unspecified atom stereocenters. The minimum absolute atomic E-state index is 0.0549. The molecule has 0 aromatic rings. The summed E-state index contributed by atoms with van der Waals surface area (Å²) in [6.45, 7) is 11.8. The molecule has 0 bridgehead atoms. The molecule has 0 saturated heterocycles. The number of carboxylic acid groups (broad SMARTS) is 1. The van der Waals surface area contributed by atoms with Gasteiger partial charge in [0.25, 0.3) is 0 Å². The number of nitrogens with one attached hydrogen (secondary N) is 1. The van der Waals surface area contributed by atoms with Gasteiger partial charge < -0.3 is 19.9 Å². The molecule has 0 fully saturated rings. The van der Waals surface area contributed by atoms with Gasteiger partial charge in [-0.1, -0.05) is 57.8 Å². The number of esters is 2. The average Bonchev–Trinajstić information content (AvgIpc) is 2.67. The number of rotatable bonds is 19. The van der Waals surface area contributed by atoms with Crippen molar-refractivity contribution in [3.8, 4) is 0 Å². The third-order valence-corrected chi connectivity index (χ3v) is 5.21. The molecule has 0 aliphatic carbocycles. The molecular formula is C27H51NO6. The molecular weight excluding hydrogens is 434 g/mol. The lowest BCUT2D eigenvalue weighted by molar-refractivity contribution is -0.158. The number of ether oxygens (including phenoxy) is 2. The van der Waals surface area contributed by atoms with Crippen molar-refractivity contribution in [3.63, 3.8) is 0 Å². The van der Waals surface area contributed by atoms with Crippen LogP contribution in [0, 0.1) is 0 Å². The van der Waals surface area contributed by atoms with E-state index in [2.05, 4.69) is 5.32 Å². The topological polar surface area (TPSA) is 102 Å². The second-order valence-corrected chi connectivity index (χ2v) is 11.2. The Labute approximate surface area is 207 Å². The van der Waals surface area contributed by atoms with Crippen LogP contribution in [0.4, 0.5) is 0 Å². The highest BCUT2D eigenvalue weighted by atomic mass is 16.6. The maximum atomic E-state index is 12.3. The zero-order chi connectivity index (χ0) is 26.0. The summed E-state index contributed by atoms with van der Waals surface area (Å²) in [5.41, 5.74) is -0.974. The standard InChI is InChI=1S/C27H51NO6/c1-26(2,3)33-24(31)18-16-14-12-10-8-7-9-11-13-15-17-21-28-22(19-20-23(29)30)25(32)34-27(4,5)6/h22,28H,7-21H2,1-6H3,(H,29,30)/t22-/m0/s1. The summed E-state index contributed by atoms with van der Waals surface area (Å²) in [4.78, 5) is 34.8. The van der Waals surface area contributed by atoms with Gasteiger partial charge in [0.05, 0.1) is 0 Å². The zero-order valence-corrected chi connectivity index (χ0v) is 22.7. The van der Waals surface area contributed by atoms with Crippen LogP contribution >= 0.6 is 0 Å². The van der Waals surface area contributed by atoms with E-state index >= 15 is 0 Å². The van der Waals surface area contributed by atoms with E-state index in [0.29, 0.717) is 13.0 Å². The molecule has 200 valence electrons. The van der Waals surface area contributed by atoms with E-state index in [1.807, 2.05) is 41.5 Å². The maximum Gasteiger partial charge on any atom is 0.323 e. The predicted octanol–water partition coefficient (Wildman–Crippen LogP) is 6.17. The summed E-state index contributed by atoms with van der Waals surface area (Å²) < 4.78 is 10.7. The number of hydrogen-bond donors (Lipinski definition) is 2. The summed E-state index contributed by atoms with van der Waals surface area (Å²) >= 11 is 0. The third-order valence-electron chi connectivity index (χ3n) is 5.21. The largest absolute Gasteiger partial charge is 0.481 e. The summed E-state index contributed by atoms with van der Waals surface area (Å²) in [6.07, 6.45) is 13.3. The highest BCUT2D eigenvalue weighted by molar-refractivity contribution is 5.77. The molecule has 0 heterocycles. The van der Waals surface area contributed by atoms with Crippen molar-refractivity contribution in [1.29, 1.82) is 0 Å². The van der Waals surface area contributed by atoms with E-state index < -0.39 is 23.2 Å². The maximum absolute atomic E-state index is 12.3. The van der Waals surface area contributed by atoms with E-state index in [-0.39, 0.29) is 24.8 Å². The third kappa shape index (κ3) is 22.2. The van der Waals surface area contributed by atoms with E-state index in [0.717, 1.165) is 25.7 Å². The van der Waals surface area contributed by atoms with Crippen LogP contribution in [0.1, 0.15) is 131 Å². The minimum atomic E-state index is -0.906. The molecule has 0 aliphatic heterocycles. The highest BCUT2D eigenvalue weighted by Gasteiger charge is 2.25. The van der Waals surface area contributed by atoms with Gasteiger partial charge >= 0.3 is 17.9 Å². The molecule has 0 radical (unpaired) electrons. The SMILES string of the molecule is CC(C)(C)OC(=O)CCCCCCCCCCCCCN[C@@H](CCC(=O)O)C(=O)OC(C)(C)C. The van der Waals surface area contributed by atoms with Gasteiger partial charge in [0.1, 0.15) is 17.2 Å². The van der Waals surface area contributed by atoms with Crippen LogP contribution in [0.2, 0.25) is 0 Å². The second-order valence-electron chi connectivity index (χ2n) is 11.2. The van der Waals surface area contributed by atoms with E-state index in [9.17, 15) is 14.4 Å². The van der Waals surface area contributed by atoms with Gasteiger partial charge in [0, 0.05) is 12.8 Å². The predicted molar refractivity (Wildman–Crippen MR) is 136 cm³/mol. The van der Waals surface area contributed by atoms with Gasteiger partial charge in [0.2, 0.25) is 0 Å². The first-order chi connectivity index (χ1) is 15.8. The van der Waals surface area contributed by atoms with Crippen molar-refractivity contribution in [2.24, 2.45) is 0 Å². The molecule has 0 aromatic heterocycles. The first-order valence-electron chi connectivity index (χ1n) is 13.2. The Balaban J connectivity index is 3.70. The summed E-state index contributed by atoms with van der Waals surface area (Å²) in [7, 11) is 0. The Bertz CT molecular complexity index is 577. The first kappa shape index (κ1) is 32.4.